The monoisotopic (exact) mass is 516 g/mol. The van der Waals surface area contributed by atoms with Crippen LogP contribution in [-0.4, -0.2) is 16.5 Å². The van der Waals surface area contributed by atoms with E-state index in [0.29, 0.717) is 5.04 Å². The van der Waals surface area contributed by atoms with Crippen LogP contribution in [0.2, 0.25) is 0 Å². The van der Waals surface area contributed by atoms with Gasteiger partial charge in [-0.15, -0.1) is 0 Å². The van der Waals surface area contributed by atoms with E-state index in [1.807, 2.05) is 40.3 Å². The zero-order chi connectivity index (χ0) is 26.3. The number of carbonyl (C=O) groups is 1. The Bertz CT molecular complexity index is 1560. The highest BCUT2D eigenvalue weighted by Gasteiger charge is 2.55. The van der Waals surface area contributed by atoms with Gasteiger partial charge in [0.1, 0.15) is 0 Å². The molecule has 2 heterocycles. The number of rotatable bonds is 5. The first-order chi connectivity index (χ1) is 18.5. The van der Waals surface area contributed by atoms with E-state index in [1.165, 1.54) is 17.3 Å². The number of aryl methyl sites for hydroxylation is 2. The summed E-state index contributed by atoms with van der Waals surface area (Å²) in [5, 5.41) is 14.7. The van der Waals surface area contributed by atoms with Gasteiger partial charge in [-0.3, -0.25) is 4.79 Å². The maximum atomic E-state index is 12.8. The number of hydrazone groups is 2. The van der Waals surface area contributed by atoms with Crippen LogP contribution in [0, 0.1) is 6.92 Å². The Morgan fingerprint density at radius 2 is 1.42 bits per heavy atom. The first-order valence-electron chi connectivity index (χ1n) is 12.8. The molecule has 0 radical (unpaired) electrons. The second kappa shape index (κ2) is 9.62. The van der Waals surface area contributed by atoms with Crippen LogP contribution in [-0.2, 0) is 16.2 Å². The zero-order valence-electron chi connectivity index (χ0n) is 21.6. The van der Waals surface area contributed by atoms with E-state index in [9.17, 15) is 4.79 Å². The van der Waals surface area contributed by atoms with Crippen LogP contribution in [0.3, 0.4) is 0 Å². The molecule has 0 aromatic heterocycles. The first-order valence-corrected chi connectivity index (χ1v) is 13.6. The van der Waals surface area contributed by atoms with Crippen molar-refractivity contribution in [2.45, 2.75) is 32.2 Å². The van der Waals surface area contributed by atoms with Gasteiger partial charge in [0, 0.05) is 23.6 Å². The summed E-state index contributed by atoms with van der Waals surface area (Å²) in [6.45, 7) is 5.80. The minimum absolute atomic E-state index is 0.0700. The van der Waals surface area contributed by atoms with E-state index >= 15 is 0 Å². The van der Waals surface area contributed by atoms with E-state index < -0.39 is 4.99 Å². The SMILES string of the molecule is CCc1ccc(C2=NN(c3ccccc3)[C@]3(SC(C(C)=O)=NN3c3ccc(C)cc3)c3ccccc32)cc1. The second-order valence-corrected chi connectivity index (χ2v) is 10.7. The van der Waals surface area contributed by atoms with E-state index in [2.05, 4.69) is 86.6 Å². The molecule has 0 unspecified atom stereocenters. The number of anilines is 2. The number of Topliss-reactive ketones (excluding diaryl/α,β-unsaturated/α-hetero) is 1. The highest BCUT2D eigenvalue weighted by atomic mass is 32.2. The predicted molar refractivity (Wildman–Crippen MR) is 158 cm³/mol. The number of benzene rings is 4. The summed E-state index contributed by atoms with van der Waals surface area (Å²) in [6, 6.07) is 35.3. The average molecular weight is 517 g/mol. The Morgan fingerprint density at radius 3 is 2.11 bits per heavy atom. The van der Waals surface area contributed by atoms with E-state index in [-0.39, 0.29) is 5.78 Å². The van der Waals surface area contributed by atoms with Gasteiger partial charge in [0.05, 0.1) is 17.1 Å². The molecule has 2 aliphatic rings. The fourth-order valence-electron chi connectivity index (χ4n) is 4.94. The molecular formula is C32H28N4OS. The van der Waals surface area contributed by atoms with Crippen molar-refractivity contribution in [3.05, 3.63) is 131 Å². The van der Waals surface area contributed by atoms with E-state index in [1.54, 1.807) is 6.92 Å². The van der Waals surface area contributed by atoms with Gasteiger partial charge in [0.25, 0.3) is 0 Å². The highest BCUT2D eigenvalue weighted by molar-refractivity contribution is 8.17. The van der Waals surface area contributed by atoms with Gasteiger partial charge in [-0.25, -0.2) is 10.0 Å². The number of nitrogens with zero attached hydrogens (tertiary/aromatic N) is 4. The lowest BCUT2D eigenvalue weighted by molar-refractivity contribution is -0.110. The number of thioether (sulfide) groups is 1. The third-order valence-electron chi connectivity index (χ3n) is 6.95. The topological polar surface area (TPSA) is 48.3 Å². The smallest absolute Gasteiger partial charge is 0.234 e. The van der Waals surface area contributed by atoms with Crippen molar-refractivity contribution in [2.24, 2.45) is 10.2 Å². The van der Waals surface area contributed by atoms with E-state index in [4.69, 9.17) is 10.2 Å². The Hall–Kier alpha value is -4.16. The third kappa shape index (κ3) is 3.92. The van der Waals surface area contributed by atoms with Crippen LogP contribution in [0.4, 0.5) is 11.4 Å². The average Bonchev–Trinajstić information content (AvgIpc) is 3.36. The quantitative estimate of drug-likeness (QED) is 0.284. The summed E-state index contributed by atoms with van der Waals surface area (Å²) in [5.74, 6) is -0.0700. The molecule has 0 N–H and O–H groups in total. The molecule has 6 heteroatoms. The molecule has 0 aliphatic carbocycles. The summed E-state index contributed by atoms with van der Waals surface area (Å²) in [5.41, 5.74) is 8.22. The Kier molecular flexibility index (Phi) is 6.12. The van der Waals surface area contributed by atoms with Gasteiger partial charge in [-0.1, -0.05) is 91.3 Å². The number of hydrogen-bond donors (Lipinski definition) is 0. The van der Waals surface area contributed by atoms with Gasteiger partial charge in [0.15, 0.2) is 10.8 Å². The molecule has 0 bridgehead atoms. The first kappa shape index (κ1) is 24.2. The summed E-state index contributed by atoms with van der Waals surface area (Å²) in [7, 11) is 0. The summed E-state index contributed by atoms with van der Waals surface area (Å²) in [4.78, 5) is 11.8. The summed E-state index contributed by atoms with van der Waals surface area (Å²) in [6.07, 6.45) is 0.982. The molecule has 4 aromatic rings. The van der Waals surface area contributed by atoms with Crippen molar-refractivity contribution < 1.29 is 4.79 Å². The zero-order valence-corrected chi connectivity index (χ0v) is 22.4. The van der Waals surface area contributed by atoms with Crippen LogP contribution in [0.1, 0.15) is 41.7 Å². The number of carbonyl (C=O) groups excluding carboxylic acids is 1. The summed E-state index contributed by atoms with van der Waals surface area (Å²) < 4.78 is 0. The molecule has 0 amide bonds. The van der Waals surface area contributed by atoms with Crippen molar-refractivity contribution in [1.82, 2.24) is 0 Å². The number of fused-ring (bicyclic) bond motifs is 2. The maximum absolute atomic E-state index is 12.8. The molecule has 0 fully saturated rings. The summed E-state index contributed by atoms with van der Waals surface area (Å²) >= 11 is 1.44. The Balaban J connectivity index is 1.64. The molecule has 2 aliphatic heterocycles. The molecule has 4 aromatic carbocycles. The molecular weight excluding hydrogens is 488 g/mol. The minimum Gasteiger partial charge on any atom is -0.292 e. The Morgan fingerprint density at radius 1 is 0.789 bits per heavy atom. The van der Waals surface area contributed by atoms with Gasteiger partial charge < -0.3 is 0 Å². The van der Waals surface area contributed by atoms with Crippen LogP contribution >= 0.6 is 11.8 Å². The van der Waals surface area contributed by atoms with Crippen LogP contribution in [0.25, 0.3) is 0 Å². The lowest BCUT2D eigenvalue weighted by Crippen LogP contribution is -2.54. The van der Waals surface area contributed by atoms with Gasteiger partial charge in [0.2, 0.25) is 4.99 Å². The largest absolute Gasteiger partial charge is 0.292 e. The lowest BCUT2D eigenvalue weighted by atomic mass is 9.92. The highest BCUT2D eigenvalue weighted by Crippen LogP contribution is 2.55. The Labute approximate surface area is 227 Å². The van der Waals surface area contributed by atoms with Gasteiger partial charge >= 0.3 is 0 Å². The number of para-hydroxylation sites is 1. The van der Waals surface area contributed by atoms with Gasteiger partial charge in [-0.05, 0) is 54.9 Å². The minimum atomic E-state index is -0.929. The van der Waals surface area contributed by atoms with Crippen molar-refractivity contribution in [3.63, 3.8) is 0 Å². The number of hydrogen-bond acceptors (Lipinski definition) is 6. The van der Waals surface area contributed by atoms with Crippen LogP contribution < -0.4 is 10.0 Å². The normalized spacial score (nSPS) is 18.3. The fourth-order valence-corrected chi connectivity index (χ4v) is 6.23. The molecule has 6 rings (SSSR count). The number of ketones is 1. The second-order valence-electron chi connectivity index (χ2n) is 9.51. The van der Waals surface area contributed by atoms with Crippen molar-refractivity contribution in [1.29, 1.82) is 0 Å². The van der Waals surface area contributed by atoms with Crippen molar-refractivity contribution in [3.8, 4) is 0 Å². The molecule has 188 valence electrons. The molecule has 5 nitrogen and oxygen atoms in total. The molecule has 1 spiro atoms. The van der Waals surface area contributed by atoms with Crippen LogP contribution in [0.15, 0.2) is 113 Å². The standard InChI is InChI=1S/C32H28N4OS/c1-4-24-16-18-25(19-17-24)30-28-12-8-9-13-29(28)32(35(33-30)26-10-6-5-7-11-26)36(34-31(38-32)23(3)37)27-20-14-22(2)15-21-27/h5-21H,4H2,1-3H3/t32-/m1/s1. The fraction of sp³-hybridized carbons (Fsp3) is 0.156. The third-order valence-corrected chi connectivity index (χ3v) is 8.37. The lowest BCUT2D eigenvalue weighted by Gasteiger charge is -2.47. The van der Waals surface area contributed by atoms with Crippen LogP contribution in [0.5, 0.6) is 0 Å². The molecule has 1 atom stereocenters. The van der Waals surface area contributed by atoms with E-state index in [0.717, 1.165) is 45.8 Å². The van der Waals surface area contributed by atoms with Crippen molar-refractivity contribution >= 4 is 39.7 Å². The molecule has 0 saturated heterocycles. The predicted octanol–water partition coefficient (Wildman–Crippen LogP) is 7.10. The molecule has 0 saturated carbocycles. The maximum Gasteiger partial charge on any atom is 0.234 e. The van der Waals surface area contributed by atoms with Crippen molar-refractivity contribution in [2.75, 3.05) is 10.0 Å². The molecule has 38 heavy (non-hydrogen) atoms. The van der Waals surface area contributed by atoms with Gasteiger partial charge in [-0.2, -0.15) is 10.2 Å².